The Morgan fingerprint density at radius 1 is 0.618 bits per heavy atom. The molecule has 0 heterocycles. The first kappa shape index (κ1) is 19.1. The van der Waals surface area contributed by atoms with Crippen molar-refractivity contribution in [2.24, 2.45) is 0 Å². The van der Waals surface area contributed by atoms with Crippen LogP contribution in [0.2, 0.25) is 0 Å². The number of phenolic OH excluding ortho intramolecular Hbond substituents is 1. The molecule has 0 saturated heterocycles. The van der Waals surface area contributed by atoms with Gasteiger partial charge in [-0.3, -0.25) is 0 Å². The molecule has 0 atom stereocenters. The van der Waals surface area contributed by atoms with Gasteiger partial charge in [-0.25, -0.2) is 0 Å². The van der Waals surface area contributed by atoms with Crippen LogP contribution in [0.5, 0.6) is 5.75 Å². The number of rotatable bonds is 1. The molecule has 1 N–H and O–H groups in total. The molecule has 0 aliphatic heterocycles. The Morgan fingerprint density at radius 2 is 1.38 bits per heavy atom. The summed E-state index contributed by atoms with van der Waals surface area (Å²) in [5.41, 5.74) is 7.13. The third-order valence-corrected chi connectivity index (χ3v) is 7.20. The second-order valence-corrected chi connectivity index (χ2v) is 9.03. The minimum Gasteiger partial charge on any atom is -0.507 e. The normalized spacial score (nSPS) is 15.2. The zero-order valence-electron chi connectivity index (χ0n) is 18.6. The summed E-state index contributed by atoms with van der Waals surface area (Å²) < 4.78 is 0. The maximum Gasteiger partial charge on any atom is 0.124 e. The van der Waals surface area contributed by atoms with E-state index in [1.54, 1.807) is 0 Å². The van der Waals surface area contributed by atoms with Crippen LogP contribution in [0.1, 0.15) is 17.5 Å². The second-order valence-electron chi connectivity index (χ2n) is 9.03. The highest BCUT2D eigenvalue weighted by atomic mass is 16.3. The van der Waals surface area contributed by atoms with Gasteiger partial charge in [-0.05, 0) is 78.0 Å². The van der Waals surface area contributed by atoms with Gasteiger partial charge in [0.1, 0.15) is 5.75 Å². The van der Waals surface area contributed by atoms with Gasteiger partial charge >= 0.3 is 0 Å². The summed E-state index contributed by atoms with van der Waals surface area (Å²) in [4.78, 5) is 0. The molecule has 0 bridgehead atoms. The summed E-state index contributed by atoms with van der Waals surface area (Å²) in [6, 6.07) is 35.9. The standard InChI is InChI=1S/C33H22O/c34-31-19-17-22-9-2-6-13-26(22)33(31)32-25-12-5-1-8-21(25)16-18-29(32)28-15-7-14-27-24-11-4-3-10-23(24)20-30(27)28/h1-17,19-20,34H,18H2. The highest BCUT2D eigenvalue weighted by Gasteiger charge is 2.21. The van der Waals surface area contributed by atoms with Crippen LogP contribution in [0.25, 0.3) is 45.2 Å². The fourth-order valence-corrected chi connectivity index (χ4v) is 5.67. The molecule has 1 nitrogen and oxygen atoms in total. The summed E-state index contributed by atoms with van der Waals surface area (Å²) in [5, 5.41) is 18.3. The van der Waals surface area contributed by atoms with Crippen molar-refractivity contribution in [2.45, 2.75) is 6.42 Å². The van der Waals surface area contributed by atoms with Gasteiger partial charge in [0.25, 0.3) is 0 Å². The first-order valence-electron chi connectivity index (χ1n) is 11.7. The SMILES string of the molecule is Oc1ccc2ccccc2c1C1=c2ccccc2=CCC1=c1cccc2c1=Cc1ccccc1-2. The molecule has 7 rings (SSSR count). The van der Waals surface area contributed by atoms with Crippen molar-refractivity contribution in [3.63, 3.8) is 0 Å². The van der Waals surface area contributed by atoms with Crippen LogP contribution >= 0.6 is 0 Å². The number of phenols is 1. The highest BCUT2D eigenvalue weighted by molar-refractivity contribution is 6.09. The Labute approximate surface area is 197 Å². The van der Waals surface area contributed by atoms with Gasteiger partial charge in [-0.2, -0.15) is 0 Å². The Balaban J connectivity index is 1.69. The summed E-state index contributed by atoms with van der Waals surface area (Å²) in [7, 11) is 0. The van der Waals surface area contributed by atoms with Gasteiger partial charge in [0.15, 0.2) is 0 Å². The molecule has 0 fully saturated rings. The molecular formula is C33H22O. The molecule has 160 valence electrons. The van der Waals surface area contributed by atoms with Crippen molar-refractivity contribution < 1.29 is 5.11 Å². The predicted octanol–water partition coefficient (Wildman–Crippen LogP) is 4.59. The van der Waals surface area contributed by atoms with Crippen LogP contribution in [-0.2, 0) is 0 Å². The van der Waals surface area contributed by atoms with Crippen LogP contribution in [0.15, 0.2) is 103 Å². The van der Waals surface area contributed by atoms with Crippen molar-refractivity contribution in [2.75, 3.05) is 0 Å². The first-order valence-corrected chi connectivity index (χ1v) is 11.7. The lowest BCUT2D eigenvalue weighted by Gasteiger charge is -2.19. The molecule has 5 aromatic carbocycles. The van der Waals surface area contributed by atoms with Gasteiger partial charge in [-0.1, -0.05) is 103 Å². The van der Waals surface area contributed by atoms with Crippen LogP contribution in [0.3, 0.4) is 0 Å². The van der Waals surface area contributed by atoms with Crippen LogP contribution < -0.4 is 20.9 Å². The van der Waals surface area contributed by atoms with Crippen LogP contribution in [-0.4, -0.2) is 5.11 Å². The number of fused-ring (bicyclic) bond motifs is 5. The lowest BCUT2D eigenvalue weighted by atomic mass is 9.84. The molecule has 0 saturated carbocycles. The number of benzene rings is 5. The lowest BCUT2D eigenvalue weighted by Crippen LogP contribution is -2.35. The molecule has 0 amide bonds. The van der Waals surface area contributed by atoms with Gasteiger partial charge in [0.2, 0.25) is 0 Å². The lowest BCUT2D eigenvalue weighted by molar-refractivity contribution is 0.474. The van der Waals surface area contributed by atoms with E-state index >= 15 is 0 Å². The van der Waals surface area contributed by atoms with E-state index in [0.29, 0.717) is 5.75 Å². The fourth-order valence-electron chi connectivity index (χ4n) is 5.67. The van der Waals surface area contributed by atoms with Crippen molar-refractivity contribution in [3.05, 3.63) is 135 Å². The number of hydrogen-bond donors (Lipinski definition) is 1. The van der Waals surface area contributed by atoms with Gasteiger partial charge < -0.3 is 5.11 Å². The zero-order valence-corrected chi connectivity index (χ0v) is 18.6. The summed E-state index contributed by atoms with van der Waals surface area (Å²) in [6.45, 7) is 0. The minimum atomic E-state index is 0.322. The van der Waals surface area contributed by atoms with Crippen LogP contribution in [0, 0.1) is 0 Å². The smallest absolute Gasteiger partial charge is 0.124 e. The average molecular weight is 435 g/mol. The topological polar surface area (TPSA) is 20.2 Å². The molecule has 5 aromatic rings. The van der Waals surface area contributed by atoms with Gasteiger partial charge in [0, 0.05) is 5.56 Å². The molecule has 0 spiro atoms. The Morgan fingerprint density at radius 3 is 2.35 bits per heavy atom. The molecule has 0 aromatic heterocycles. The minimum absolute atomic E-state index is 0.322. The first-order chi connectivity index (χ1) is 16.8. The molecule has 2 aliphatic rings. The Kier molecular flexibility index (Phi) is 4.13. The fraction of sp³-hybridized carbons (Fsp3) is 0.0303. The zero-order chi connectivity index (χ0) is 22.6. The van der Waals surface area contributed by atoms with E-state index < -0.39 is 0 Å². The Bertz CT molecular complexity index is 1890. The quantitative estimate of drug-likeness (QED) is 0.401. The maximum atomic E-state index is 11.2. The monoisotopic (exact) mass is 434 g/mol. The molecule has 0 radical (unpaired) electrons. The number of hydrogen-bond acceptors (Lipinski definition) is 1. The van der Waals surface area contributed by atoms with E-state index in [1.165, 1.54) is 43.1 Å². The molecule has 1 heteroatoms. The van der Waals surface area contributed by atoms with E-state index in [9.17, 15) is 5.11 Å². The summed E-state index contributed by atoms with van der Waals surface area (Å²) in [5.74, 6) is 0.322. The molecule has 2 aliphatic carbocycles. The van der Waals surface area contributed by atoms with Crippen molar-refractivity contribution in [1.29, 1.82) is 0 Å². The average Bonchev–Trinajstić information content (AvgIpc) is 3.27. The largest absolute Gasteiger partial charge is 0.507 e. The maximum absolute atomic E-state index is 11.2. The number of aromatic hydroxyl groups is 1. The third-order valence-electron chi connectivity index (χ3n) is 7.20. The van der Waals surface area contributed by atoms with E-state index in [4.69, 9.17) is 0 Å². The molecular weight excluding hydrogens is 412 g/mol. The molecule has 0 unspecified atom stereocenters. The van der Waals surface area contributed by atoms with Crippen molar-refractivity contribution in [1.82, 2.24) is 0 Å². The third kappa shape index (κ3) is 2.74. The summed E-state index contributed by atoms with van der Waals surface area (Å²) >= 11 is 0. The Hall–Kier alpha value is -4.36. The van der Waals surface area contributed by atoms with E-state index in [1.807, 2.05) is 12.1 Å². The summed E-state index contributed by atoms with van der Waals surface area (Å²) in [6.07, 6.45) is 5.45. The van der Waals surface area contributed by atoms with E-state index in [-0.39, 0.29) is 0 Å². The molecule has 34 heavy (non-hydrogen) atoms. The predicted molar refractivity (Wildman–Crippen MR) is 141 cm³/mol. The van der Waals surface area contributed by atoms with Crippen molar-refractivity contribution in [3.8, 4) is 16.9 Å². The van der Waals surface area contributed by atoms with Gasteiger partial charge in [-0.15, -0.1) is 0 Å². The second kappa shape index (κ2) is 7.33. The van der Waals surface area contributed by atoms with E-state index in [0.717, 1.165) is 28.3 Å². The van der Waals surface area contributed by atoms with Gasteiger partial charge in [0.05, 0.1) is 0 Å². The van der Waals surface area contributed by atoms with Crippen molar-refractivity contribution >= 4 is 34.1 Å². The van der Waals surface area contributed by atoms with Crippen LogP contribution in [0.4, 0.5) is 0 Å². The highest BCUT2D eigenvalue weighted by Crippen LogP contribution is 2.37. The van der Waals surface area contributed by atoms with E-state index in [2.05, 4.69) is 103 Å².